The van der Waals surface area contributed by atoms with Crippen LogP contribution in [0.3, 0.4) is 0 Å². The van der Waals surface area contributed by atoms with E-state index in [9.17, 15) is 9.59 Å². The van der Waals surface area contributed by atoms with E-state index in [1.165, 1.54) is 5.01 Å². The summed E-state index contributed by atoms with van der Waals surface area (Å²) in [5.41, 5.74) is 2.23. The van der Waals surface area contributed by atoms with Crippen molar-refractivity contribution in [1.29, 1.82) is 0 Å². The van der Waals surface area contributed by atoms with Crippen molar-refractivity contribution in [3.63, 3.8) is 0 Å². The molecule has 2 aliphatic rings. The van der Waals surface area contributed by atoms with Gasteiger partial charge in [-0.25, -0.2) is 5.01 Å². The Morgan fingerprint density at radius 3 is 2.51 bits per heavy atom. The number of ether oxygens (including phenoxy) is 3. The highest BCUT2D eigenvalue weighted by Crippen LogP contribution is 2.40. The van der Waals surface area contributed by atoms with Gasteiger partial charge >= 0.3 is 0 Å². The first kappa shape index (κ1) is 26.9. The van der Waals surface area contributed by atoms with Crippen molar-refractivity contribution in [2.75, 3.05) is 41.0 Å². The van der Waals surface area contributed by atoms with Crippen molar-refractivity contribution in [2.24, 2.45) is 11.0 Å². The second-order valence-electron chi connectivity index (χ2n) is 9.33. The van der Waals surface area contributed by atoms with Gasteiger partial charge in [0, 0.05) is 42.1 Å². The van der Waals surface area contributed by atoms with E-state index in [0.29, 0.717) is 41.8 Å². The number of halogens is 1. The lowest BCUT2D eigenvalue weighted by molar-refractivity contribution is -0.144. The molecule has 1 fully saturated rings. The van der Waals surface area contributed by atoms with Crippen LogP contribution in [0.5, 0.6) is 11.5 Å². The first-order chi connectivity index (χ1) is 18.0. The van der Waals surface area contributed by atoms with Gasteiger partial charge in [0.15, 0.2) is 0 Å². The summed E-state index contributed by atoms with van der Waals surface area (Å²) in [5.74, 6) is 0.956. The maximum atomic E-state index is 13.8. The van der Waals surface area contributed by atoms with Crippen LogP contribution in [0.4, 0.5) is 0 Å². The number of hydrogen-bond donors (Lipinski definition) is 0. The molecular formula is C28H34ClN3O5. The van der Waals surface area contributed by atoms with Crippen LogP contribution in [0.1, 0.15) is 49.3 Å². The van der Waals surface area contributed by atoms with Gasteiger partial charge in [0.2, 0.25) is 5.91 Å². The SMILES string of the molecule is COCCN(CC(=O)N1N=C(c2ccccc2Cl)C[C@H]1c1cc(OC)ccc1OC)C(=O)C1CCCC1. The molecule has 2 aromatic carbocycles. The Morgan fingerprint density at radius 2 is 1.84 bits per heavy atom. The third-order valence-electron chi connectivity index (χ3n) is 7.05. The lowest BCUT2D eigenvalue weighted by atomic mass is 9.97. The van der Waals surface area contributed by atoms with E-state index in [1.807, 2.05) is 36.4 Å². The van der Waals surface area contributed by atoms with Gasteiger partial charge in [0.05, 0.1) is 32.6 Å². The van der Waals surface area contributed by atoms with Gasteiger partial charge in [-0.15, -0.1) is 0 Å². The molecule has 8 nitrogen and oxygen atoms in total. The summed E-state index contributed by atoms with van der Waals surface area (Å²) in [7, 11) is 4.78. The molecule has 0 bridgehead atoms. The lowest BCUT2D eigenvalue weighted by Crippen LogP contribution is -2.44. The molecule has 1 aliphatic carbocycles. The van der Waals surface area contributed by atoms with Crippen LogP contribution < -0.4 is 9.47 Å². The number of rotatable bonds is 10. The number of hydrogen-bond acceptors (Lipinski definition) is 6. The average molecular weight is 528 g/mol. The quantitative estimate of drug-likeness (QED) is 0.447. The summed E-state index contributed by atoms with van der Waals surface area (Å²) in [6.07, 6.45) is 4.24. The first-order valence-electron chi connectivity index (χ1n) is 12.6. The van der Waals surface area contributed by atoms with Crippen molar-refractivity contribution in [3.8, 4) is 11.5 Å². The van der Waals surface area contributed by atoms with Crippen LogP contribution >= 0.6 is 11.6 Å². The van der Waals surface area contributed by atoms with Gasteiger partial charge < -0.3 is 19.1 Å². The molecule has 0 spiro atoms. The molecule has 0 aromatic heterocycles. The summed E-state index contributed by atoms with van der Waals surface area (Å²) in [6.45, 7) is 0.618. The largest absolute Gasteiger partial charge is 0.497 e. The fourth-order valence-corrected chi connectivity index (χ4v) is 5.32. The van der Waals surface area contributed by atoms with E-state index in [2.05, 4.69) is 0 Å². The van der Waals surface area contributed by atoms with Gasteiger partial charge in [-0.2, -0.15) is 5.10 Å². The normalized spacial score (nSPS) is 17.6. The van der Waals surface area contributed by atoms with Crippen LogP contribution in [-0.2, 0) is 14.3 Å². The zero-order valence-electron chi connectivity index (χ0n) is 21.6. The summed E-state index contributed by atoms with van der Waals surface area (Å²) < 4.78 is 16.3. The van der Waals surface area contributed by atoms with E-state index in [0.717, 1.165) is 36.8 Å². The molecule has 9 heteroatoms. The molecule has 1 heterocycles. The standard InChI is InChI=1S/C28H34ClN3O5/c1-35-15-14-31(28(34)19-8-4-5-9-19)18-27(33)32-25(22-16-20(36-2)12-13-26(22)37-3)17-24(30-32)21-10-6-7-11-23(21)29/h6-7,10-13,16,19,25H,4-5,8-9,14-15,17-18H2,1-3H3/t25-/m0/s1. The lowest BCUT2D eigenvalue weighted by Gasteiger charge is -2.29. The molecule has 4 rings (SSSR count). The summed E-state index contributed by atoms with van der Waals surface area (Å²) in [5, 5.41) is 6.78. The molecular weight excluding hydrogens is 494 g/mol. The van der Waals surface area contributed by atoms with Gasteiger partial charge in [-0.3, -0.25) is 9.59 Å². The smallest absolute Gasteiger partial charge is 0.262 e. The van der Waals surface area contributed by atoms with E-state index >= 15 is 0 Å². The van der Waals surface area contributed by atoms with Crippen molar-refractivity contribution >= 4 is 29.1 Å². The Kier molecular flexibility index (Phi) is 9.05. The fourth-order valence-electron chi connectivity index (χ4n) is 5.08. The number of nitrogens with zero attached hydrogens (tertiary/aromatic N) is 3. The zero-order valence-corrected chi connectivity index (χ0v) is 22.4. The minimum Gasteiger partial charge on any atom is -0.497 e. The molecule has 1 atom stereocenters. The molecule has 37 heavy (non-hydrogen) atoms. The minimum absolute atomic E-state index is 0.00733. The van der Waals surface area contributed by atoms with Crippen molar-refractivity contribution < 1.29 is 23.8 Å². The van der Waals surface area contributed by atoms with Gasteiger partial charge in [0.1, 0.15) is 18.0 Å². The Hall–Kier alpha value is -3.10. The van der Waals surface area contributed by atoms with Crippen LogP contribution in [0, 0.1) is 5.92 Å². The van der Waals surface area contributed by atoms with E-state index in [1.54, 1.807) is 32.3 Å². The maximum absolute atomic E-state index is 13.8. The number of methoxy groups -OCH3 is 3. The number of benzene rings is 2. The minimum atomic E-state index is -0.449. The second kappa shape index (κ2) is 12.4. The predicted molar refractivity (Wildman–Crippen MR) is 142 cm³/mol. The Labute approximate surface area is 223 Å². The predicted octanol–water partition coefficient (Wildman–Crippen LogP) is 4.70. The number of carbonyl (C=O) groups excluding carboxylic acids is 2. The molecule has 2 amide bonds. The third kappa shape index (κ3) is 6.08. The van der Waals surface area contributed by atoms with Crippen LogP contribution in [0.2, 0.25) is 5.02 Å². The highest BCUT2D eigenvalue weighted by atomic mass is 35.5. The highest BCUT2D eigenvalue weighted by Gasteiger charge is 2.37. The summed E-state index contributed by atoms with van der Waals surface area (Å²) in [6, 6.07) is 12.5. The average Bonchev–Trinajstić information content (AvgIpc) is 3.61. The summed E-state index contributed by atoms with van der Waals surface area (Å²) in [4.78, 5) is 28.7. The maximum Gasteiger partial charge on any atom is 0.262 e. The molecule has 1 saturated carbocycles. The molecule has 0 saturated heterocycles. The molecule has 1 aliphatic heterocycles. The number of carbonyl (C=O) groups is 2. The second-order valence-corrected chi connectivity index (χ2v) is 9.73. The van der Waals surface area contributed by atoms with E-state index < -0.39 is 6.04 Å². The number of amides is 2. The van der Waals surface area contributed by atoms with Crippen molar-refractivity contribution in [1.82, 2.24) is 9.91 Å². The van der Waals surface area contributed by atoms with Crippen LogP contribution in [-0.4, -0.2) is 68.5 Å². The van der Waals surface area contributed by atoms with E-state index in [-0.39, 0.29) is 24.3 Å². The zero-order chi connectivity index (χ0) is 26.4. The van der Waals surface area contributed by atoms with Gasteiger partial charge in [0.25, 0.3) is 5.91 Å². The summed E-state index contributed by atoms with van der Waals surface area (Å²) >= 11 is 6.49. The Balaban J connectivity index is 1.68. The van der Waals surface area contributed by atoms with E-state index in [4.69, 9.17) is 30.9 Å². The third-order valence-corrected chi connectivity index (χ3v) is 7.38. The molecule has 0 N–H and O–H groups in total. The van der Waals surface area contributed by atoms with Crippen molar-refractivity contribution in [2.45, 2.75) is 38.1 Å². The van der Waals surface area contributed by atoms with Crippen LogP contribution in [0.25, 0.3) is 0 Å². The Morgan fingerprint density at radius 1 is 1.08 bits per heavy atom. The fraction of sp³-hybridized carbons (Fsp3) is 0.464. The molecule has 2 aromatic rings. The number of hydrazone groups is 1. The van der Waals surface area contributed by atoms with Crippen LogP contribution in [0.15, 0.2) is 47.6 Å². The monoisotopic (exact) mass is 527 g/mol. The topological polar surface area (TPSA) is 80.7 Å². The molecule has 0 unspecified atom stereocenters. The van der Waals surface area contributed by atoms with Crippen molar-refractivity contribution in [3.05, 3.63) is 58.6 Å². The Bertz CT molecular complexity index is 1150. The highest BCUT2D eigenvalue weighted by molar-refractivity contribution is 6.34. The molecule has 0 radical (unpaired) electrons. The van der Waals surface area contributed by atoms with Gasteiger partial charge in [-0.1, -0.05) is 42.6 Å². The first-order valence-corrected chi connectivity index (χ1v) is 13.0. The van der Waals surface area contributed by atoms with Gasteiger partial charge in [-0.05, 0) is 37.1 Å². The molecule has 198 valence electrons.